The first-order valence-electron chi connectivity index (χ1n) is 6.68. The lowest BCUT2D eigenvalue weighted by molar-refractivity contribution is 0.471. The summed E-state index contributed by atoms with van der Waals surface area (Å²) in [6.45, 7) is 5.05. The number of guanidine groups is 1. The van der Waals surface area contributed by atoms with Crippen molar-refractivity contribution in [3.8, 4) is 0 Å². The summed E-state index contributed by atoms with van der Waals surface area (Å²) in [5, 5.41) is 6.18. The summed E-state index contributed by atoms with van der Waals surface area (Å²) in [6, 6.07) is 0. The fourth-order valence-corrected chi connectivity index (χ4v) is 2.89. The van der Waals surface area contributed by atoms with Crippen molar-refractivity contribution in [2.75, 3.05) is 32.9 Å². The van der Waals surface area contributed by atoms with E-state index >= 15 is 0 Å². The predicted octanol–water partition coefficient (Wildman–Crippen LogP) is 0.398. The monoisotopic (exact) mass is 333 g/mol. The minimum atomic E-state index is -3.14. The van der Waals surface area contributed by atoms with Crippen molar-refractivity contribution in [1.29, 1.82) is 0 Å². The molecule has 9 heteroatoms. The Bertz CT molecular complexity index is 568. The van der Waals surface area contributed by atoms with Crippen molar-refractivity contribution in [2.45, 2.75) is 20.4 Å². The second-order valence-corrected chi connectivity index (χ2v) is 7.64. The Morgan fingerprint density at radius 3 is 2.71 bits per heavy atom. The molecule has 0 aliphatic carbocycles. The average molecular weight is 333 g/mol. The number of hydrogen-bond acceptors (Lipinski definition) is 5. The molecule has 1 aromatic heterocycles. The zero-order chi connectivity index (χ0) is 15.9. The van der Waals surface area contributed by atoms with Crippen LogP contribution in [-0.2, 0) is 16.6 Å². The Labute approximate surface area is 130 Å². The van der Waals surface area contributed by atoms with E-state index in [2.05, 4.69) is 20.0 Å². The van der Waals surface area contributed by atoms with Crippen molar-refractivity contribution < 1.29 is 8.42 Å². The van der Waals surface area contributed by atoms with Gasteiger partial charge >= 0.3 is 0 Å². The molecule has 0 spiro atoms. The van der Waals surface area contributed by atoms with Crippen LogP contribution in [0.25, 0.3) is 0 Å². The average Bonchev–Trinajstić information content (AvgIpc) is 2.84. The number of nitrogens with zero attached hydrogens (tertiary/aromatic N) is 3. The molecule has 0 amide bonds. The van der Waals surface area contributed by atoms with Gasteiger partial charge in [0.05, 0.1) is 23.0 Å². The van der Waals surface area contributed by atoms with Crippen molar-refractivity contribution >= 4 is 27.3 Å². The topological polar surface area (TPSA) is 86.7 Å². The molecular formula is C12H23N5O2S2. The lowest BCUT2D eigenvalue weighted by Gasteiger charge is -2.21. The molecular weight excluding hydrogens is 310 g/mol. The lowest BCUT2D eigenvalue weighted by Crippen LogP contribution is -2.42. The largest absolute Gasteiger partial charge is 0.355 e. The van der Waals surface area contributed by atoms with Crippen molar-refractivity contribution in [1.82, 2.24) is 19.9 Å². The van der Waals surface area contributed by atoms with Gasteiger partial charge in [-0.15, -0.1) is 11.3 Å². The van der Waals surface area contributed by atoms with Crippen LogP contribution in [0, 0.1) is 6.92 Å². The molecule has 21 heavy (non-hydrogen) atoms. The third kappa shape index (κ3) is 6.40. The molecule has 0 fully saturated rings. The van der Waals surface area contributed by atoms with E-state index in [9.17, 15) is 8.42 Å². The fraction of sp³-hybridized carbons (Fsp3) is 0.667. The standard InChI is InChI=1S/C12H23N5O2S2/c1-5-21(18,19)15-7-6-14-12(13-3)17(4)8-11-9-20-10(2)16-11/h9,15H,5-8H2,1-4H3,(H,13,14). The van der Waals surface area contributed by atoms with Crippen LogP contribution in [0.1, 0.15) is 17.6 Å². The van der Waals surface area contributed by atoms with Gasteiger partial charge in [0.1, 0.15) is 0 Å². The highest BCUT2D eigenvalue weighted by molar-refractivity contribution is 7.89. The predicted molar refractivity (Wildman–Crippen MR) is 87.1 cm³/mol. The molecule has 0 aliphatic heterocycles. The number of nitrogens with one attached hydrogen (secondary N) is 2. The van der Waals surface area contributed by atoms with E-state index in [0.717, 1.165) is 10.7 Å². The van der Waals surface area contributed by atoms with Crippen LogP contribution in [0.4, 0.5) is 0 Å². The summed E-state index contributed by atoms with van der Waals surface area (Å²) < 4.78 is 25.1. The third-order valence-electron chi connectivity index (χ3n) is 2.75. The summed E-state index contributed by atoms with van der Waals surface area (Å²) in [5.41, 5.74) is 0.995. The SMILES string of the molecule is CCS(=O)(=O)NCCNC(=NC)N(C)Cc1csc(C)n1. The molecule has 0 atom stereocenters. The number of rotatable bonds is 7. The molecule has 1 rings (SSSR count). The van der Waals surface area contributed by atoms with E-state index in [0.29, 0.717) is 25.6 Å². The van der Waals surface area contributed by atoms with Gasteiger partial charge in [-0.3, -0.25) is 4.99 Å². The van der Waals surface area contributed by atoms with Crippen LogP contribution < -0.4 is 10.0 Å². The van der Waals surface area contributed by atoms with Crippen LogP contribution in [-0.4, -0.2) is 57.2 Å². The van der Waals surface area contributed by atoms with Gasteiger partial charge in [0.2, 0.25) is 10.0 Å². The maximum Gasteiger partial charge on any atom is 0.211 e. The molecule has 0 saturated carbocycles. The van der Waals surface area contributed by atoms with Crippen LogP contribution in [0.3, 0.4) is 0 Å². The van der Waals surface area contributed by atoms with Crippen LogP contribution in [0.5, 0.6) is 0 Å². The Balaban J connectivity index is 2.41. The van der Waals surface area contributed by atoms with E-state index in [1.54, 1.807) is 25.3 Å². The van der Waals surface area contributed by atoms with Crippen LogP contribution in [0.2, 0.25) is 0 Å². The van der Waals surface area contributed by atoms with E-state index in [4.69, 9.17) is 0 Å². The van der Waals surface area contributed by atoms with E-state index in [1.165, 1.54) is 0 Å². The normalized spacial score (nSPS) is 12.5. The zero-order valence-corrected chi connectivity index (χ0v) is 14.5. The number of aliphatic imine (C=N–C) groups is 1. The molecule has 1 aromatic rings. The Morgan fingerprint density at radius 2 is 2.19 bits per heavy atom. The fourth-order valence-electron chi connectivity index (χ4n) is 1.67. The summed E-state index contributed by atoms with van der Waals surface area (Å²) >= 11 is 1.62. The van der Waals surface area contributed by atoms with Gasteiger partial charge in [-0.2, -0.15) is 0 Å². The quantitative estimate of drug-likeness (QED) is 0.428. The third-order valence-corrected chi connectivity index (χ3v) is 4.98. The number of aryl methyl sites for hydroxylation is 1. The Kier molecular flexibility index (Phi) is 7.06. The van der Waals surface area contributed by atoms with Crippen LogP contribution >= 0.6 is 11.3 Å². The highest BCUT2D eigenvalue weighted by Gasteiger charge is 2.09. The minimum absolute atomic E-state index is 0.0881. The second kappa shape index (κ2) is 8.30. The van der Waals surface area contributed by atoms with Gasteiger partial charge in [-0.1, -0.05) is 0 Å². The Hall–Kier alpha value is -1.19. The highest BCUT2D eigenvalue weighted by atomic mass is 32.2. The molecule has 0 radical (unpaired) electrons. The molecule has 0 unspecified atom stereocenters. The van der Waals surface area contributed by atoms with Gasteiger partial charge < -0.3 is 10.2 Å². The summed E-state index contributed by atoms with van der Waals surface area (Å²) in [4.78, 5) is 10.5. The van der Waals surface area contributed by atoms with Crippen molar-refractivity contribution in [2.24, 2.45) is 4.99 Å². The van der Waals surface area contributed by atoms with Gasteiger partial charge in [0, 0.05) is 32.6 Å². The number of hydrogen-bond donors (Lipinski definition) is 2. The first kappa shape index (κ1) is 17.9. The number of sulfonamides is 1. The van der Waals surface area contributed by atoms with E-state index in [1.807, 2.05) is 24.3 Å². The van der Waals surface area contributed by atoms with Gasteiger partial charge in [0.25, 0.3) is 0 Å². The number of aromatic nitrogens is 1. The summed E-state index contributed by atoms with van der Waals surface area (Å²) in [6.07, 6.45) is 0. The molecule has 120 valence electrons. The molecule has 0 saturated heterocycles. The molecule has 2 N–H and O–H groups in total. The van der Waals surface area contributed by atoms with Crippen molar-refractivity contribution in [3.05, 3.63) is 16.1 Å². The van der Waals surface area contributed by atoms with Gasteiger partial charge in [-0.25, -0.2) is 18.1 Å². The zero-order valence-electron chi connectivity index (χ0n) is 12.9. The molecule has 0 aromatic carbocycles. The molecule has 1 heterocycles. The maximum atomic E-state index is 11.3. The van der Waals surface area contributed by atoms with Crippen LogP contribution in [0.15, 0.2) is 10.4 Å². The summed E-state index contributed by atoms with van der Waals surface area (Å²) in [5.74, 6) is 0.793. The van der Waals surface area contributed by atoms with Crippen molar-refractivity contribution in [3.63, 3.8) is 0 Å². The lowest BCUT2D eigenvalue weighted by atomic mass is 10.4. The maximum absolute atomic E-state index is 11.3. The Morgan fingerprint density at radius 1 is 1.48 bits per heavy atom. The first-order chi connectivity index (χ1) is 9.88. The smallest absolute Gasteiger partial charge is 0.211 e. The molecule has 7 nitrogen and oxygen atoms in total. The first-order valence-corrected chi connectivity index (χ1v) is 9.21. The number of thiazole rings is 1. The molecule has 0 bridgehead atoms. The van der Waals surface area contributed by atoms with Gasteiger partial charge in [0.15, 0.2) is 5.96 Å². The molecule has 0 aliphatic rings. The van der Waals surface area contributed by atoms with E-state index < -0.39 is 10.0 Å². The minimum Gasteiger partial charge on any atom is -0.355 e. The second-order valence-electron chi connectivity index (χ2n) is 4.49. The highest BCUT2D eigenvalue weighted by Crippen LogP contribution is 2.09. The summed E-state index contributed by atoms with van der Waals surface area (Å²) in [7, 11) is 0.470. The van der Waals surface area contributed by atoms with E-state index in [-0.39, 0.29) is 5.75 Å². The van der Waals surface area contributed by atoms with Gasteiger partial charge in [-0.05, 0) is 13.8 Å².